The first-order valence-corrected chi connectivity index (χ1v) is 6.83. The number of hydrogen-bond donors (Lipinski definition) is 1. The normalized spacial score (nSPS) is 18.2. The van der Waals surface area contributed by atoms with E-state index in [0.717, 1.165) is 19.4 Å². The lowest BCUT2D eigenvalue weighted by Gasteiger charge is -2.27. The zero-order valence-corrected chi connectivity index (χ0v) is 12.2. The largest absolute Gasteiger partial charge is 0.508 e. The molecule has 1 fully saturated rings. The van der Waals surface area contributed by atoms with Crippen LogP contribution in [0.2, 0.25) is 0 Å². The number of nitro groups is 1. The molecule has 1 heterocycles. The lowest BCUT2D eigenvalue weighted by Crippen LogP contribution is -2.41. The molecule has 1 atom stereocenters. The standard InChI is InChI=1S/C14H19N3O4/c1-15(2)9-10-4-3-7-16(10)14(19)12-8-11(18)5-6-13(12)17(20)21/h5-6,8,10,18H,3-4,7,9H2,1-2H3. The van der Waals surface area contributed by atoms with Crippen LogP contribution >= 0.6 is 0 Å². The molecular formula is C14H19N3O4. The number of aromatic hydroxyl groups is 1. The monoisotopic (exact) mass is 293 g/mol. The third kappa shape index (κ3) is 3.30. The van der Waals surface area contributed by atoms with E-state index in [0.29, 0.717) is 6.54 Å². The summed E-state index contributed by atoms with van der Waals surface area (Å²) in [6, 6.07) is 3.61. The number of nitro benzene ring substituents is 1. The SMILES string of the molecule is CN(C)CC1CCCN1C(=O)c1cc(O)ccc1[N+](=O)[O-]. The Morgan fingerprint density at radius 3 is 2.86 bits per heavy atom. The summed E-state index contributed by atoms with van der Waals surface area (Å²) in [5.41, 5.74) is -0.320. The van der Waals surface area contributed by atoms with Crippen molar-refractivity contribution in [2.45, 2.75) is 18.9 Å². The van der Waals surface area contributed by atoms with Crippen molar-refractivity contribution >= 4 is 11.6 Å². The van der Waals surface area contributed by atoms with Gasteiger partial charge >= 0.3 is 0 Å². The Balaban J connectivity index is 2.31. The highest BCUT2D eigenvalue weighted by molar-refractivity contribution is 5.98. The van der Waals surface area contributed by atoms with Gasteiger partial charge in [0.05, 0.1) is 4.92 Å². The van der Waals surface area contributed by atoms with E-state index in [1.54, 1.807) is 4.90 Å². The number of nitrogens with zero attached hydrogens (tertiary/aromatic N) is 3. The van der Waals surface area contributed by atoms with E-state index in [-0.39, 0.29) is 28.9 Å². The minimum atomic E-state index is -0.594. The smallest absolute Gasteiger partial charge is 0.282 e. The summed E-state index contributed by atoms with van der Waals surface area (Å²) in [7, 11) is 3.86. The molecule has 7 heteroatoms. The van der Waals surface area contributed by atoms with Gasteiger partial charge in [0, 0.05) is 25.2 Å². The third-order valence-corrected chi connectivity index (χ3v) is 3.62. The second-order valence-corrected chi connectivity index (χ2v) is 5.52. The molecule has 1 N–H and O–H groups in total. The Morgan fingerprint density at radius 2 is 2.24 bits per heavy atom. The molecule has 0 aromatic heterocycles. The lowest BCUT2D eigenvalue weighted by molar-refractivity contribution is -0.385. The summed E-state index contributed by atoms with van der Waals surface area (Å²) in [6.07, 6.45) is 1.77. The highest BCUT2D eigenvalue weighted by atomic mass is 16.6. The van der Waals surface area contributed by atoms with E-state index >= 15 is 0 Å². The van der Waals surface area contributed by atoms with Gasteiger partial charge in [0.2, 0.25) is 0 Å². The van der Waals surface area contributed by atoms with E-state index in [4.69, 9.17) is 0 Å². The van der Waals surface area contributed by atoms with E-state index in [9.17, 15) is 20.0 Å². The van der Waals surface area contributed by atoms with Gasteiger partial charge in [-0.1, -0.05) is 0 Å². The quantitative estimate of drug-likeness (QED) is 0.671. The van der Waals surface area contributed by atoms with Gasteiger partial charge in [0.15, 0.2) is 0 Å². The zero-order chi connectivity index (χ0) is 15.6. The molecule has 1 aromatic rings. The van der Waals surface area contributed by atoms with Gasteiger partial charge in [-0.05, 0) is 39.1 Å². The highest BCUT2D eigenvalue weighted by Crippen LogP contribution is 2.28. The molecule has 0 saturated carbocycles. The van der Waals surface area contributed by atoms with Crippen molar-refractivity contribution in [1.29, 1.82) is 0 Å². The summed E-state index contributed by atoms with van der Waals surface area (Å²) >= 11 is 0. The van der Waals surface area contributed by atoms with Gasteiger partial charge in [-0.3, -0.25) is 14.9 Å². The fraction of sp³-hybridized carbons (Fsp3) is 0.500. The maximum absolute atomic E-state index is 12.6. The number of hydrogen-bond acceptors (Lipinski definition) is 5. The van der Waals surface area contributed by atoms with Crippen molar-refractivity contribution in [3.05, 3.63) is 33.9 Å². The van der Waals surface area contributed by atoms with Crippen LogP contribution in [-0.4, -0.2) is 59.0 Å². The van der Waals surface area contributed by atoms with Crippen molar-refractivity contribution in [2.24, 2.45) is 0 Å². The Hall–Kier alpha value is -2.15. The van der Waals surface area contributed by atoms with Crippen LogP contribution in [0.5, 0.6) is 5.75 Å². The van der Waals surface area contributed by atoms with Crippen LogP contribution in [0.3, 0.4) is 0 Å². The maximum Gasteiger partial charge on any atom is 0.282 e. The molecule has 0 aliphatic carbocycles. The molecule has 1 saturated heterocycles. The fourth-order valence-electron chi connectivity index (χ4n) is 2.72. The second-order valence-electron chi connectivity index (χ2n) is 5.52. The second kappa shape index (κ2) is 6.09. The van der Waals surface area contributed by atoms with Crippen LogP contribution in [0, 0.1) is 10.1 Å². The number of phenols is 1. The van der Waals surface area contributed by atoms with Crippen molar-refractivity contribution < 1.29 is 14.8 Å². The molecule has 0 radical (unpaired) electrons. The molecule has 1 aliphatic rings. The molecule has 0 bridgehead atoms. The van der Waals surface area contributed by atoms with Crippen LogP contribution < -0.4 is 0 Å². The maximum atomic E-state index is 12.6. The number of benzene rings is 1. The van der Waals surface area contributed by atoms with Crippen molar-refractivity contribution in [3.8, 4) is 5.75 Å². The average molecular weight is 293 g/mol. The molecule has 1 amide bonds. The highest BCUT2D eigenvalue weighted by Gasteiger charge is 2.33. The van der Waals surface area contributed by atoms with Gasteiger partial charge in [-0.2, -0.15) is 0 Å². The first kappa shape index (κ1) is 15.2. The Kier molecular flexibility index (Phi) is 4.42. The van der Waals surface area contributed by atoms with Crippen LogP contribution in [0.4, 0.5) is 5.69 Å². The van der Waals surface area contributed by atoms with Crippen molar-refractivity contribution in [1.82, 2.24) is 9.80 Å². The number of carbonyl (C=O) groups excluding carboxylic acids is 1. The molecule has 2 rings (SSSR count). The Labute approximate surface area is 122 Å². The molecule has 114 valence electrons. The number of likely N-dealkylation sites (tertiary alicyclic amines) is 1. The Morgan fingerprint density at radius 1 is 1.52 bits per heavy atom. The van der Waals surface area contributed by atoms with Crippen LogP contribution in [0.1, 0.15) is 23.2 Å². The van der Waals surface area contributed by atoms with Gasteiger partial charge in [0.25, 0.3) is 11.6 Å². The van der Waals surface area contributed by atoms with E-state index < -0.39 is 4.92 Å². The van der Waals surface area contributed by atoms with Gasteiger partial charge < -0.3 is 14.9 Å². The van der Waals surface area contributed by atoms with Crippen LogP contribution in [0.25, 0.3) is 0 Å². The number of likely N-dealkylation sites (N-methyl/N-ethyl adjacent to an activating group) is 1. The summed E-state index contributed by atoms with van der Waals surface area (Å²) in [4.78, 5) is 26.7. The van der Waals surface area contributed by atoms with Crippen LogP contribution in [0.15, 0.2) is 18.2 Å². The first-order valence-electron chi connectivity index (χ1n) is 6.83. The summed E-state index contributed by atoms with van der Waals surface area (Å²) < 4.78 is 0. The lowest BCUT2D eigenvalue weighted by atomic mass is 10.1. The predicted octanol–water partition coefficient (Wildman–Crippen LogP) is 1.47. The first-order chi connectivity index (χ1) is 9.90. The zero-order valence-electron chi connectivity index (χ0n) is 12.2. The predicted molar refractivity (Wildman–Crippen MR) is 77.4 cm³/mol. The fourth-order valence-corrected chi connectivity index (χ4v) is 2.72. The van der Waals surface area contributed by atoms with E-state index in [2.05, 4.69) is 0 Å². The molecule has 1 aliphatic heterocycles. The molecule has 1 unspecified atom stereocenters. The molecule has 0 spiro atoms. The van der Waals surface area contributed by atoms with Crippen molar-refractivity contribution in [3.63, 3.8) is 0 Å². The number of amides is 1. The summed E-state index contributed by atoms with van der Waals surface area (Å²) in [5.74, 6) is -0.533. The van der Waals surface area contributed by atoms with E-state index in [1.165, 1.54) is 18.2 Å². The number of rotatable bonds is 4. The van der Waals surface area contributed by atoms with Gasteiger partial charge in [0.1, 0.15) is 11.3 Å². The van der Waals surface area contributed by atoms with Crippen LogP contribution in [-0.2, 0) is 0 Å². The minimum Gasteiger partial charge on any atom is -0.508 e. The van der Waals surface area contributed by atoms with Gasteiger partial charge in [-0.25, -0.2) is 0 Å². The molecule has 21 heavy (non-hydrogen) atoms. The average Bonchev–Trinajstić information content (AvgIpc) is 2.84. The molecule has 1 aromatic carbocycles. The van der Waals surface area contributed by atoms with E-state index in [1.807, 2.05) is 19.0 Å². The number of carbonyl (C=O) groups is 1. The topological polar surface area (TPSA) is 86.9 Å². The van der Waals surface area contributed by atoms with Crippen molar-refractivity contribution in [2.75, 3.05) is 27.2 Å². The molecular weight excluding hydrogens is 274 g/mol. The number of phenolic OH excluding ortho intramolecular Hbond substituents is 1. The summed E-state index contributed by atoms with van der Waals surface area (Å²) in [5, 5.41) is 20.6. The third-order valence-electron chi connectivity index (χ3n) is 3.62. The Bertz CT molecular complexity index is 559. The minimum absolute atomic E-state index is 0.0503. The summed E-state index contributed by atoms with van der Waals surface area (Å²) in [6.45, 7) is 1.31. The van der Waals surface area contributed by atoms with Gasteiger partial charge in [-0.15, -0.1) is 0 Å². The molecule has 7 nitrogen and oxygen atoms in total.